The van der Waals surface area contributed by atoms with E-state index in [-0.39, 0.29) is 11.4 Å². The van der Waals surface area contributed by atoms with Crippen molar-refractivity contribution in [3.63, 3.8) is 0 Å². The Bertz CT molecular complexity index is 1050. The lowest BCUT2D eigenvalue weighted by Gasteiger charge is -2.34. The minimum atomic E-state index is -1.70. The Morgan fingerprint density at radius 1 is 1.27 bits per heavy atom. The van der Waals surface area contributed by atoms with Crippen molar-refractivity contribution in [2.75, 3.05) is 4.90 Å². The van der Waals surface area contributed by atoms with Crippen LogP contribution in [0, 0.1) is 27.9 Å². The van der Waals surface area contributed by atoms with Gasteiger partial charge in [-0.15, -0.1) is 0 Å². The summed E-state index contributed by atoms with van der Waals surface area (Å²) < 4.78 is 5.43. The van der Waals surface area contributed by atoms with Crippen molar-refractivity contribution in [2.24, 2.45) is 17.8 Å². The van der Waals surface area contributed by atoms with E-state index in [1.54, 1.807) is 26.0 Å². The van der Waals surface area contributed by atoms with Crippen LogP contribution in [0.3, 0.4) is 0 Å². The fourth-order valence-electron chi connectivity index (χ4n) is 4.63. The second-order valence-electron chi connectivity index (χ2n) is 7.76. The Hall–Kier alpha value is -3.53. The molecule has 2 fully saturated rings. The Morgan fingerprint density at radius 3 is 2.57 bits per heavy atom. The number of fused-ring (bicyclic) bond motifs is 1. The van der Waals surface area contributed by atoms with Gasteiger partial charge in [-0.2, -0.15) is 0 Å². The molecule has 2 N–H and O–H groups in total. The van der Waals surface area contributed by atoms with Crippen LogP contribution in [0.4, 0.5) is 11.4 Å². The second-order valence-corrected chi connectivity index (χ2v) is 7.76. The largest absolute Gasteiger partial charge is 0.480 e. The zero-order valence-corrected chi connectivity index (χ0v) is 16.1. The molecule has 30 heavy (non-hydrogen) atoms. The van der Waals surface area contributed by atoms with E-state index in [1.165, 1.54) is 24.5 Å². The Labute approximate surface area is 170 Å². The highest BCUT2D eigenvalue weighted by Crippen LogP contribution is 2.52. The van der Waals surface area contributed by atoms with Crippen LogP contribution >= 0.6 is 0 Å². The van der Waals surface area contributed by atoms with E-state index in [4.69, 9.17) is 4.42 Å². The number of amides is 2. The van der Waals surface area contributed by atoms with Crippen LogP contribution in [-0.4, -0.2) is 33.4 Å². The first kappa shape index (κ1) is 19.8. The number of nitrogens with one attached hydrogen (secondary N) is 1. The number of furan rings is 1. The normalized spacial score (nSPS) is 28.2. The summed E-state index contributed by atoms with van der Waals surface area (Å²) in [5.74, 6) is -4.99. The molecule has 10 nitrogen and oxygen atoms in total. The first-order valence-electron chi connectivity index (χ1n) is 9.37. The number of nitrogens with zero attached hydrogens (tertiary/aromatic N) is 2. The van der Waals surface area contributed by atoms with Gasteiger partial charge in [0.2, 0.25) is 11.8 Å². The Kier molecular flexibility index (Phi) is 4.46. The summed E-state index contributed by atoms with van der Waals surface area (Å²) in [5, 5.41) is 24.2. The molecule has 2 amide bonds. The van der Waals surface area contributed by atoms with Crippen molar-refractivity contribution >= 4 is 29.2 Å². The average molecular weight is 413 g/mol. The number of carbonyl (C=O) groups excluding carboxylic acids is 2. The lowest BCUT2D eigenvalue weighted by Crippen LogP contribution is -2.59. The quantitative estimate of drug-likeness (QED) is 0.431. The zero-order valence-electron chi connectivity index (χ0n) is 16.1. The molecule has 2 aliphatic rings. The second kappa shape index (κ2) is 6.77. The van der Waals surface area contributed by atoms with Gasteiger partial charge in [0.1, 0.15) is 11.3 Å². The number of rotatable bonds is 5. The number of imide groups is 1. The highest BCUT2D eigenvalue weighted by atomic mass is 16.6. The summed E-state index contributed by atoms with van der Waals surface area (Å²) in [5.41, 5.74) is -1.95. The Morgan fingerprint density at radius 2 is 2.00 bits per heavy atom. The van der Waals surface area contributed by atoms with Crippen LogP contribution in [0.5, 0.6) is 0 Å². The van der Waals surface area contributed by atoms with Crippen molar-refractivity contribution < 1.29 is 28.8 Å². The number of hydrogen-bond donors (Lipinski definition) is 2. The van der Waals surface area contributed by atoms with Crippen LogP contribution in [-0.2, 0) is 14.4 Å². The molecule has 1 aromatic heterocycles. The molecule has 10 heteroatoms. The van der Waals surface area contributed by atoms with E-state index < -0.39 is 52.0 Å². The number of carbonyl (C=O) groups is 3. The average Bonchev–Trinajstić information content (AvgIpc) is 3.39. The van der Waals surface area contributed by atoms with E-state index in [9.17, 15) is 29.6 Å². The first-order chi connectivity index (χ1) is 14.2. The molecule has 156 valence electrons. The molecule has 0 bridgehead atoms. The van der Waals surface area contributed by atoms with Crippen molar-refractivity contribution in [3.05, 3.63) is 58.5 Å². The molecule has 0 saturated carbocycles. The van der Waals surface area contributed by atoms with E-state index >= 15 is 0 Å². The number of nitro groups is 1. The zero-order chi connectivity index (χ0) is 21.8. The summed E-state index contributed by atoms with van der Waals surface area (Å²) in [6.07, 6.45) is 1.40. The van der Waals surface area contributed by atoms with Gasteiger partial charge in [-0.25, -0.2) is 4.90 Å². The highest BCUT2D eigenvalue weighted by Gasteiger charge is 2.70. The summed E-state index contributed by atoms with van der Waals surface area (Å²) in [7, 11) is 0. The minimum absolute atomic E-state index is 0.0369. The fourth-order valence-corrected chi connectivity index (χ4v) is 4.63. The predicted molar refractivity (Wildman–Crippen MR) is 102 cm³/mol. The molecule has 0 radical (unpaired) electrons. The van der Waals surface area contributed by atoms with Crippen LogP contribution < -0.4 is 10.2 Å². The van der Waals surface area contributed by atoms with Gasteiger partial charge in [0.05, 0.1) is 34.8 Å². The molecular formula is C20H19N3O7. The molecule has 2 saturated heterocycles. The SMILES string of the molecule is CC(C)C1(C(=O)O)NC(c2ccco2)C2C(=O)N(c3cccc([N+](=O)[O-])c3)C(=O)C21. The van der Waals surface area contributed by atoms with Crippen molar-refractivity contribution in [1.82, 2.24) is 5.32 Å². The first-order valence-corrected chi connectivity index (χ1v) is 9.37. The van der Waals surface area contributed by atoms with Crippen LogP contribution in [0.15, 0.2) is 47.1 Å². The number of carboxylic acids is 1. The lowest BCUT2D eigenvalue weighted by atomic mass is 9.73. The van der Waals surface area contributed by atoms with Gasteiger partial charge in [-0.3, -0.25) is 29.8 Å². The van der Waals surface area contributed by atoms with Gasteiger partial charge in [0.15, 0.2) is 0 Å². The number of anilines is 1. The molecule has 1 aromatic carbocycles. The number of carboxylic acid groups (broad SMARTS) is 1. The third-order valence-electron chi connectivity index (χ3n) is 6.01. The van der Waals surface area contributed by atoms with Gasteiger partial charge in [-0.1, -0.05) is 19.9 Å². The van der Waals surface area contributed by atoms with Gasteiger partial charge in [0, 0.05) is 12.1 Å². The highest BCUT2D eigenvalue weighted by molar-refractivity contribution is 6.24. The molecule has 4 unspecified atom stereocenters. The van der Waals surface area contributed by atoms with Gasteiger partial charge >= 0.3 is 5.97 Å². The third kappa shape index (κ3) is 2.57. The number of benzene rings is 1. The van der Waals surface area contributed by atoms with Gasteiger partial charge in [0.25, 0.3) is 5.69 Å². The summed E-state index contributed by atoms with van der Waals surface area (Å²) in [6, 6.07) is 7.56. The number of hydrogen-bond acceptors (Lipinski definition) is 7. The summed E-state index contributed by atoms with van der Waals surface area (Å²) in [4.78, 5) is 50.6. The maximum atomic E-state index is 13.4. The summed E-state index contributed by atoms with van der Waals surface area (Å²) >= 11 is 0. The molecular weight excluding hydrogens is 394 g/mol. The van der Waals surface area contributed by atoms with Gasteiger partial charge < -0.3 is 9.52 Å². The molecule has 2 aliphatic heterocycles. The molecule has 3 heterocycles. The number of non-ortho nitro benzene ring substituents is 1. The molecule has 4 rings (SSSR count). The minimum Gasteiger partial charge on any atom is -0.480 e. The van der Waals surface area contributed by atoms with Crippen LogP contribution in [0.1, 0.15) is 25.6 Å². The smallest absolute Gasteiger partial charge is 0.325 e. The van der Waals surface area contributed by atoms with Crippen molar-refractivity contribution in [3.8, 4) is 0 Å². The standard InChI is InChI=1S/C20H19N3O7/c1-10(2)20(19(26)27)15-14(16(21-20)13-7-4-8-30-13)17(24)22(18(15)25)11-5-3-6-12(9-11)23(28)29/h3-10,14-16,21H,1-2H3,(H,26,27). The number of nitro benzene ring substituents is 1. The predicted octanol–water partition coefficient (Wildman–Crippen LogP) is 2.12. The van der Waals surface area contributed by atoms with Gasteiger partial charge in [-0.05, 0) is 24.1 Å². The number of aliphatic carboxylic acids is 1. The monoisotopic (exact) mass is 413 g/mol. The lowest BCUT2D eigenvalue weighted by molar-refractivity contribution is -0.384. The fraction of sp³-hybridized carbons (Fsp3) is 0.350. The maximum absolute atomic E-state index is 13.4. The van der Waals surface area contributed by atoms with Crippen LogP contribution in [0.25, 0.3) is 0 Å². The molecule has 4 atom stereocenters. The van der Waals surface area contributed by atoms with E-state index in [0.29, 0.717) is 5.76 Å². The molecule has 0 aliphatic carbocycles. The Balaban J connectivity index is 1.87. The van der Waals surface area contributed by atoms with Crippen molar-refractivity contribution in [2.45, 2.75) is 25.4 Å². The third-order valence-corrected chi connectivity index (χ3v) is 6.01. The maximum Gasteiger partial charge on any atom is 0.325 e. The summed E-state index contributed by atoms with van der Waals surface area (Å²) in [6.45, 7) is 3.33. The molecule has 2 aromatic rings. The van der Waals surface area contributed by atoms with Crippen molar-refractivity contribution in [1.29, 1.82) is 0 Å². The van der Waals surface area contributed by atoms with Crippen LogP contribution in [0.2, 0.25) is 0 Å². The molecule has 0 spiro atoms. The topological polar surface area (TPSA) is 143 Å². The van der Waals surface area contributed by atoms with E-state index in [0.717, 1.165) is 11.0 Å². The van der Waals surface area contributed by atoms with E-state index in [2.05, 4.69) is 5.32 Å². The van der Waals surface area contributed by atoms with E-state index in [1.807, 2.05) is 0 Å².